The molecule has 24 heavy (non-hydrogen) atoms. The van der Waals surface area contributed by atoms with Gasteiger partial charge in [0, 0.05) is 19.3 Å². The predicted octanol–water partition coefficient (Wildman–Crippen LogP) is 2.79. The second kappa shape index (κ2) is 7.12. The van der Waals surface area contributed by atoms with E-state index in [1.807, 2.05) is 30.3 Å². The van der Waals surface area contributed by atoms with Crippen molar-refractivity contribution in [3.63, 3.8) is 0 Å². The third-order valence-corrected chi connectivity index (χ3v) is 3.92. The lowest BCUT2D eigenvalue weighted by atomic mass is 10.2. The number of hydrogen-bond acceptors (Lipinski definition) is 4. The minimum Gasteiger partial charge on any atom is -0.443 e. The Bertz CT molecular complexity index is 733. The zero-order valence-electron chi connectivity index (χ0n) is 13.5. The summed E-state index contributed by atoms with van der Waals surface area (Å²) in [4.78, 5) is 29.2. The van der Waals surface area contributed by atoms with Crippen LogP contribution in [0.25, 0.3) is 0 Å². The highest BCUT2D eigenvalue weighted by Gasteiger charge is 2.33. The maximum atomic E-state index is 12.7. The molecule has 2 amide bonds. The van der Waals surface area contributed by atoms with E-state index in [0.29, 0.717) is 24.3 Å². The van der Waals surface area contributed by atoms with Gasteiger partial charge in [0.25, 0.3) is 5.91 Å². The summed E-state index contributed by atoms with van der Waals surface area (Å²) in [7, 11) is 0. The normalized spacial score (nSPS) is 13.9. The van der Waals surface area contributed by atoms with Crippen LogP contribution in [-0.2, 0) is 11.3 Å². The molecule has 2 heterocycles. The second-order valence-electron chi connectivity index (χ2n) is 5.58. The smallest absolute Gasteiger partial charge is 0.429 e. The van der Waals surface area contributed by atoms with Crippen LogP contribution in [0.5, 0.6) is 0 Å². The van der Waals surface area contributed by atoms with Gasteiger partial charge in [-0.3, -0.25) is 9.78 Å². The van der Waals surface area contributed by atoms with Gasteiger partial charge < -0.3 is 4.74 Å². The van der Waals surface area contributed by atoms with E-state index in [4.69, 9.17) is 4.74 Å². The third kappa shape index (κ3) is 3.37. The molecule has 0 aliphatic carbocycles. The number of hydrazine groups is 1. The van der Waals surface area contributed by atoms with Crippen LogP contribution >= 0.6 is 0 Å². The van der Waals surface area contributed by atoms with E-state index in [2.05, 4.69) is 4.98 Å². The Morgan fingerprint density at radius 2 is 1.83 bits per heavy atom. The molecule has 0 N–H and O–H groups in total. The van der Waals surface area contributed by atoms with Crippen molar-refractivity contribution in [1.29, 1.82) is 0 Å². The minimum absolute atomic E-state index is 0.185. The Morgan fingerprint density at radius 3 is 2.58 bits per heavy atom. The summed E-state index contributed by atoms with van der Waals surface area (Å²) < 4.78 is 5.34. The molecule has 0 saturated carbocycles. The van der Waals surface area contributed by atoms with Gasteiger partial charge in [0.2, 0.25) is 0 Å². The summed E-state index contributed by atoms with van der Waals surface area (Å²) in [6.07, 6.45) is 1.86. The molecule has 0 spiro atoms. The first kappa shape index (κ1) is 16.0. The number of aryl methyl sites for hydroxylation is 1. The molecule has 2 aromatic rings. The molecule has 1 saturated heterocycles. The standard InChI is InChI=1S/C18H19N3O3/c1-14-16(9-5-10-19-14)17(22)20-11-6-12-21(20)18(23)24-13-15-7-3-2-4-8-15/h2-5,7-10H,6,11-13H2,1H3. The van der Waals surface area contributed by atoms with Crippen molar-refractivity contribution in [2.24, 2.45) is 0 Å². The van der Waals surface area contributed by atoms with Gasteiger partial charge in [0.15, 0.2) is 0 Å². The fourth-order valence-corrected chi connectivity index (χ4v) is 2.66. The summed E-state index contributed by atoms with van der Waals surface area (Å²) in [5, 5.41) is 2.81. The predicted molar refractivity (Wildman–Crippen MR) is 88.0 cm³/mol. The summed E-state index contributed by atoms with van der Waals surface area (Å²) in [6.45, 7) is 2.93. The van der Waals surface area contributed by atoms with E-state index in [1.165, 1.54) is 10.0 Å². The number of rotatable bonds is 3. The van der Waals surface area contributed by atoms with Crippen LogP contribution in [-0.4, -0.2) is 40.1 Å². The fraction of sp³-hybridized carbons (Fsp3) is 0.278. The van der Waals surface area contributed by atoms with Crippen LogP contribution in [0.2, 0.25) is 0 Å². The minimum atomic E-state index is -0.508. The molecular formula is C18H19N3O3. The SMILES string of the molecule is Cc1ncccc1C(=O)N1CCCN1C(=O)OCc1ccccc1. The van der Waals surface area contributed by atoms with E-state index < -0.39 is 6.09 Å². The van der Waals surface area contributed by atoms with Gasteiger partial charge in [-0.15, -0.1) is 0 Å². The number of nitrogens with zero attached hydrogens (tertiary/aromatic N) is 3. The largest absolute Gasteiger partial charge is 0.443 e. The second-order valence-corrected chi connectivity index (χ2v) is 5.58. The molecule has 0 atom stereocenters. The van der Waals surface area contributed by atoms with Gasteiger partial charge in [-0.2, -0.15) is 0 Å². The van der Waals surface area contributed by atoms with Crippen LogP contribution in [0.15, 0.2) is 48.7 Å². The van der Waals surface area contributed by atoms with E-state index >= 15 is 0 Å². The molecule has 6 heteroatoms. The molecule has 1 aliphatic rings. The Kier molecular flexibility index (Phi) is 4.74. The molecule has 3 rings (SSSR count). The first-order valence-corrected chi connectivity index (χ1v) is 7.88. The Balaban J connectivity index is 1.67. The summed E-state index contributed by atoms with van der Waals surface area (Å²) in [5.41, 5.74) is 2.05. The van der Waals surface area contributed by atoms with Gasteiger partial charge >= 0.3 is 6.09 Å². The molecular weight excluding hydrogens is 306 g/mol. The summed E-state index contributed by atoms with van der Waals surface area (Å²) in [5.74, 6) is -0.227. The molecule has 0 unspecified atom stereocenters. The maximum absolute atomic E-state index is 12.7. The lowest BCUT2D eigenvalue weighted by Gasteiger charge is -2.27. The number of carbonyl (C=O) groups excluding carboxylic acids is 2. The molecule has 6 nitrogen and oxygen atoms in total. The number of aromatic nitrogens is 1. The topological polar surface area (TPSA) is 62.7 Å². The molecule has 1 fully saturated rings. The first-order valence-electron chi connectivity index (χ1n) is 7.88. The van der Waals surface area contributed by atoms with Crippen molar-refractivity contribution >= 4 is 12.0 Å². The average Bonchev–Trinajstić information content (AvgIpc) is 3.10. The van der Waals surface area contributed by atoms with E-state index in [0.717, 1.165) is 12.0 Å². The number of hydrogen-bond donors (Lipinski definition) is 0. The first-order chi connectivity index (χ1) is 11.7. The molecule has 1 aromatic carbocycles. The summed E-state index contributed by atoms with van der Waals surface area (Å²) >= 11 is 0. The van der Waals surface area contributed by atoms with Crippen molar-refractivity contribution in [2.75, 3.05) is 13.1 Å². The van der Waals surface area contributed by atoms with E-state index in [9.17, 15) is 9.59 Å². The van der Waals surface area contributed by atoms with E-state index in [-0.39, 0.29) is 12.5 Å². The summed E-state index contributed by atoms with van der Waals surface area (Å²) in [6, 6.07) is 12.9. The molecule has 0 bridgehead atoms. The number of carbonyl (C=O) groups is 2. The van der Waals surface area contributed by atoms with Gasteiger partial charge in [-0.1, -0.05) is 30.3 Å². The Morgan fingerprint density at radius 1 is 1.08 bits per heavy atom. The van der Waals surface area contributed by atoms with Gasteiger partial charge in [0.1, 0.15) is 6.61 Å². The molecule has 124 valence electrons. The van der Waals surface area contributed by atoms with Crippen molar-refractivity contribution in [3.05, 3.63) is 65.5 Å². The number of pyridine rings is 1. The Labute approximate surface area is 140 Å². The van der Waals surface area contributed by atoms with Gasteiger partial charge in [-0.05, 0) is 31.0 Å². The number of ether oxygens (including phenoxy) is 1. The lowest BCUT2D eigenvalue weighted by Crippen LogP contribution is -2.45. The van der Waals surface area contributed by atoms with Crippen LogP contribution < -0.4 is 0 Å². The maximum Gasteiger partial charge on any atom is 0.429 e. The van der Waals surface area contributed by atoms with Crippen molar-refractivity contribution in [3.8, 4) is 0 Å². The van der Waals surface area contributed by atoms with Gasteiger partial charge in [0.05, 0.1) is 11.3 Å². The zero-order valence-corrected chi connectivity index (χ0v) is 13.5. The third-order valence-electron chi connectivity index (χ3n) is 3.92. The lowest BCUT2D eigenvalue weighted by molar-refractivity contribution is 0.0110. The van der Waals surface area contributed by atoms with Gasteiger partial charge in [-0.25, -0.2) is 14.8 Å². The number of amides is 2. The zero-order chi connectivity index (χ0) is 16.9. The highest BCUT2D eigenvalue weighted by atomic mass is 16.6. The van der Waals surface area contributed by atoms with Crippen LogP contribution in [0.1, 0.15) is 28.0 Å². The van der Waals surface area contributed by atoms with Crippen LogP contribution in [0.3, 0.4) is 0 Å². The number of benzene rings is 1. The average molecular weight is 325 g/mol. The monoisotopic (exact) mass is 325 g/mol. The van der Waals surface area contributed by atoms with Crippen LogP contribution in [0.4, 0.5) is 4.79 Å². The Hall–Kier alpha value is -2.89. The quantitative estimate of drug-likeness (QED) is 0.870. The highest BCUT2D eigenvalue weighted by molar-refractivity contribution is 5.96. The fourth-order valence-electron chi connectivity index (χ4n) is 2.66. The molecule has 0 radical (unpaired) electrons. The van der Waals surface area contributed by atoms with Crippen LogP contribution in [0, 0.1) is 6.92 Å². The van der Waals surface area contributed by atoms with Crippen molar-refractivity contribution < 1.29 is 14.3 Å². The van der Waals surface area contributed by atoms with Crippen molar-refractivity contribution in [2.45, 2.75) is 20.0 Å². The van der Waals surface area contributed by atoms with E-state index in [1.54, 1.807) is 25.3 Å². The van der Waals surface area contributed by atoms with Crippen molar-refractivity contribution in [1.82, 2.24) is 15.0 Å². The molecule has 1 aromatic heterocycles. The highest BCUT2D eigenvalue weighted by Crippen LogP contribution is 2.18. The molecule has 1 aliphatic heterocycles.